The molecule has 0 fully saturated rings. The molecule has 0 bridgehead atoms. The van der Waals surface area contributed by atoms with E-state index in [2.05, 4.69) is 15.5 Å². The molecule has 0 aliphatic rings. The number of nitrogens with zero attached hydrogens (tertiary/aromatic N) is 2. The highest BCUT2D eigenvalue weighted by molar-refractivity contribution is 5.83. The number of urea groups is 1. The number of nitrogens with two attached hydrogens (primary N) is 3. The Morgan fingerprint density at radius 3 is 2.37 bits per heavy atom. The van der Waals surface area contributed by atoms with E-state index in [4.69, 9.17) is 31.8 Å². The van der Waals surface area contributed by atoms with Gasteiger partial charge in [-0.1, -0.05) is 6.42 Å². The lowest BCUT2D eigenvalue weighted by Gasteiger charge is -2.17. The molecule has 0 aliphatic carbocycles. The van der Waals surface area contributed by atoms with Crippen LogP contribution in [-0.4, -0.2) is 57.5 Å². The van der Waals surface area contributed by atoms with Crippen LogP contribution in [0.1, 0.15) is 49.5 Å². The maximum Gasteiger partial charge on any atom is 0.328 e. The second-order valence-electron chi connectivity index (χ2n) is 5.78. The predicted molar refractivity (Wildman–Crippen MR) is 90.9 cm³/mol. The minimum absolute atomic E-state index is 0.107. The highest BCUT2D eigenvalue weighted by atomic mass is 16.4. The number of primary amides is 1. The summed E-state index contributed by atoms with van der Waals surface area (Å²) in [4.78, 5) is 34.0. The average molecular weight is 387 g/mol. The first-order valence-electron chi connectivity index (χ1n) is 8.26. The number of aromatic nitrogens is 2. The third-order valence-corrected chi connectivity index (χ3v) is 3.54. The molecule has 13 heteroatoms. The van der Waals surface area contributed by atoms with E-state index >= 15 is 0 Å². The zero-order valence-corrected chi connectivity index (χ0v) is 14.6. The minimum Gasteiger partial charge on any atom is -0.480 e. The van der Waals surface area contributed by atoms with Crippen LogP contribution in [0.4, 0.5) is 4.79 Å². The van der Waals surface area contributed by atoms with Crippen LogP contribution in [0.5, 0.6) is 0 Å². The van der Waals surface area contributed by atoms with Crippen molar-refractivity contribution in [3.05, 3.63) is 11.8 Å². The van der Waals surface area contributed by atoms with Crippen molar-refractivity contribution in [2.45, 2.75) is 43.8 Å². The number of carbonyl (C=O) groups excluding carboxylic acids is 2. The molecule has 3 amide bonds. The van der Waals surface area contributed by atoms with E-state index in [1.165, 1.54) is 0 Å². The van der Waals surface area contributed by atoms with Crippen LogP contribution in [0, 0.1) is 0 Å². The number of aliphatic carboxylic acids is 1. The number of hydrogen-bond acceptors (Lipinski definition) is 9. The van der Waals surface area contributed by atoms with Gasteiger partial charge in [-0.2, -0.15) is 0 Å². The quantitative estimate of drug-likeness (QED) is 0.192. The number of carboxylic acid groups (broad SMARTS) is 1. The number of aliphatic hydroxyl groups is 1. The standard InChI is InChI=1S/C14H25N7O6/c15-4-2-1-3-7(16)11-20-21-12(27-11)8(5-10(17)23)18-14(26)19-9(6-22)13(24)25/h7-9,22H,1-6,15-16H2,(H2,17,23)(H,24,25)(H2,18,19,26)/t7-,8-,9-/m0/s1. The Balaban J connectivity index is 2.80. The second-order valence-corrected chi connectivity index (χ2v) is 5.78. The van der Waals surface area contributed by atoms with Gasteiger partial charge in [-0.25, -0.2) is 9.59 Å². The van der Waals surface area contributed by atoms with Crippen LogP contribution >= 0.6 is 0 Å². The third kappa shape index (κ3) is 7.55. The molecule has 1 rings (SSSR count). The Morgan fingerprint density at radius 1 is 1.15 bits per heavy atom. The molecular weight excluding hydrogens is 362 g/mol. The minimum atomic E-state index is -1.52. The van der Waals surface area contributed by atoms with Gasteiger partial charge in [0.2, 0.25) is 17.7 Å². The van der Waals surface area contributed by atoms with Gasteiger partial charge in [0.15, 0.2) is 6.04 Å². The van der Waals surface area contributed by atoms with Crippen LogP contribution in [0.3, 0.4) is 0 Å². The molecule has 0 saturated heterocycles. The lowest BCUT2D eigenvalue weighted by atomic mass is 10.1. The van der Waals surface area contributed by atoms with E-state index in [1.807, 2.05) is 5.32 Å². The fourth-order valence-electron chi connectivity index (χ4n) is 2.11. The van der Waals surface area contributed by atoms with Gasteiger partial charge in [0.05, 0.1) is 19.1 Å². The van der Waals surface area contributed by atoms with Crippen LogP contribution < -0.4 is 27.8 Å². The van der Waals surface area contributed by atoms with Crippen LogP contribution in [-0.2, 0) is 9.59 Å². The lowest BCUT2D eigenvalue weighted by molar-refractivity contribution is -0.140. The van der Waals surface area contributed by atoms with Gasteiger partial charge >= 0.3 is 12.0 Å². The number of unbranched alkanes of at least 4 members (excludes halogenated alkanes) is 1. The van der Waals surface area contributed by atoms with Crippen molar-refractivity contribution in [1.82, 2.24) is 20.8 Å². The Labute approximate surface area is 154 Å². The number of carboxylic acids is 1. The van der Waals surface area contributed by atoms with Crippen LogP contribution in [0.25, 0.3) is 0 Å². The highest BCUT2D eigenvalue weighted by Gasteiger charge is 2.26. The van der Waals surface area contributed by atoms with E-state index in [1.54, 1.807) is 0 Å². The van der Waals surface area contributed by atoms with Crippen molar-refractivity contribution in [3.8, 4) is 0 Å². The van der Waals surface area contributed by atoms with E-state index < -0.39 is 42.6 Å². The predicted octanol–water partition coefficient (Wildman–Crippen LogP) is -2.14. The number of carbonyl (C=O) groups is 3. The topological polar surface area (TPSA) is 233 Å². The number of aliphatic hydroxyl groups excluding tert-OH is 1. The highest BCUT2D eigenvalue weighted by Crippen LogP contribution is 2.20. The summed E-state index contributed by atoms with van der Waals surface area (Å²) >= 11 is 0. The van der Waals surface area contributed by atoms with E-state index in [9.17, 15) is 14.4 Å². The molecule has 0 aliphatic heterocycles. The van der Waals surface area contributed by atoms with E-state index in [-0.39, 0.29) is 18.2 Å². The molecule has 10 N–H and O–H groups in total. The molecular formula is C14H25N7O6. The van der Waals surface area contributed by atoms with Gasteiger partial charge in [-0.3, -0.25) is 4.79 Å². The molecule has 1 aromatic rings. The summed E-state index contributed by atoms with van der Waals surface area (Å²) in [5, 5.41) is 29.7. The summed E-state index contributed by atoms with van der Waals surface area (Å²) in [7, 11) is 0. The van der Waals surface area contributed by atoms with Crippen LogP contribution in [0.2, 0.25) is 0 Å². The lowest BCUT2D eigenvalue weighted by Crippen LogP contribution is -2.49. The molecule has 0 saturated carbocycles. The molecule has 13 nitrogen and oxygen atoms in total. The largest absolute Gasteiger partial charge is 0.480 e. The summed E-state index contributed by atoms with van der Waals surface area (Å²) in [5.41, 5.74) is 16.5. The van der Waals surface area contributed by atoms with E-state index in [0.29, 0.717) is 13.0 Å². The average Bonchev–Trinajstić information content (AvgIpc) is 3.08. The molecule has 0 radical (unpaired) electrons. The first-order chi connectivity index (χ1) is 12.8. The molecule has 0 aromatic carbocycles. The fraction of sp³-hybridized carbons (Fsp3) is 0.643. The van der Waals surface area contributed by atoms with Crippen molar-refractivity contribution < 1.29 is 29.0 Å². The first-order valence-corrected chi connectivity index (χ1v) is 8.26. The Morgan fingerprint density at radius 2 is 1.81 bits per heavy atom. The van der Waals surface area contributed by atoms with Crippen molar-refractivity contribution >= 4 is 17.9 Å². The SMILES string of the molecule is NCCCC[C@H](N)c1nnc([C@H](CC(N)=O)NC(=O)N[C@@H](CO)C(=O)O)o1. The molecule has 1 heterocycles. The van der Waals surface area contributed by atoms with Crippen molar-refractivity contribution in [2.75, 3.05) is 13.2 Å². The van der Waals surface area contributed by atoms with Crippen molar-refractivity contribution in [2.24, 2.45) is 17.2 Å². The van der Waals surface area contributed by atoms with Gasteiger partial charge < -0.3 is 42.5 Å². The number of amides is 3. The summed E-state index contributed by atoms with van der Waals surface area (Å²) < 4.78 is 5.42. The first kappa shape index (κ1) is 22.3. The van der Waals surface area contributed by atoms with Gasteiger partial charge in [-0.15, -0.1) is 10.2 Å². The van der Waals surface area contributed by atoms with Gasteiger partial charge in [-0.05, 0) is 19.4 Å². The zero-order chi connectivity index (χ0) is 20.4. The van der Waals surface area contributed by atoms with E-state index in [0.717, 1.165) is 12.8 Å². The normalized spacial score (nSPS) is 14.2. The molecule has 0 unspecified atom stereocenters. The van der Waals surface area contributed by atoms with Gasteiger partial charge in [0, 0.05) is 0 Å². The molecule has 152 valence electrons. The summed E-state index contributed by atoms with van der Waals surface area (Å²) in [6.07, 6.45) is 1.74. The maximum atomic E-state index is 11.9. The Hall–Kier alpha value is -2.77. The number of rotatable bonds is 12. The van der Waals surface area contributed by atoms with Crippen molar-refractivity contribution in [3.63, 3.8) is 0 Å². The molecule has 27 heavy (non-hydrogen) atoms. The van der Waals surface area contributed by atoms with Gasteiger partial charge in [0.1, 0.15) is 6.04 Å². The molecule has 0 spiro atoms. The fourth-order valence-corrected chi connectivity index (χ4v) is 2.11. The second kappa shape index (κ2) is 11.1. The maximum absolute atomic E-state index is 11.9. The van der Waals surface area contributed by atoms with Crippen molar-refractivity contribution in [1.29, 1.82) is 0 Å². The summed E-state index contributed by atoms with van der Waals surface area (Å²) in [5.74, 6) is -2.17. The molecule has 3 atom stereocenters. The zero-order valence-electron chi connectivity index (χ0n) is 14.6. The summed E-state index contributed by atoms with van der Waals surface area (Å²) in [6.45, 7) is -0.279. The molecule has 1 aromatic heterocycles. The van der Waals surface area contributed by atoms with Gasteiger partial charge in [0.25, 0.3) is 0 Å². The monoisotopic (exact) mass is 387 g/mol. The van der Waals surface area contributed by atoms with Crippen LogP contribution in [0.15, 0.2) is 4.42 Å². The third-order valence-electron chi connectivity index (χ3n) is 3.54. The summed E-state index contributed by atoms with van der Waals surface area (Å²) in [6, 6.07) is -4.11. The number of nitrogens with one attached hydrogen (secondary N) is 2. The Kier molecular flexibility index (Phi) is 9.12. The smallest absolute Gasteiger partial charge is 0.328 e. The number of hydrogen-bond donors (Lipinski definition) is 7. The Bertz CT molecular complexity index is 637.